The Bertz CT molecular complexity index is 878. The lowest BCUT2D eigenvalue weighted by atomic mass is 10.0. The highest BCUT2D eigenvalue weighted by molar-refractivity contribution is 7.80. The fourth-order valence-corrected chi connectivity index (χ4v) is 2.85. The Balaban J connectivity index is 1.96. The number of benzene rings is 1. The van der Waals surface area contributed by atoms with Crippen molar-refractivity contribution in [3.8, 4) is 0 Å². The Labute approximate surface area is 151 Å². The largest absolute Gasteiger partial charge is 0.462 e. The third-order valence-corrected chi connectivity index (χ3v) is 4.25. The highest BCUT2D eigenvalue weighted by Gasteiger charge is 2.34. The molecule has 6 heteroatoms. The van der Waals surface area contributed by atoms with Crippen molar-refractivity contribution >= 4 is 40.9 Å². The molecule has 5 nitrogen and oxygen atoms in total. The minimum absolute atomic E-state index is 0.0177. The summed E-state index contributed by atoms with van der Waals surface area (Å²) in [5.74, 6) is 0.528. The van der Waals surface area contributed by atoms with E-state index in [2.05, 4.69) is 19.2 Å². The molecule has 0 spiro atoms. The van der Waals surface area contributed by atoms with Gasteiger partial charge < -0.3 is 4.42 Å². The van der Waals surface area contributed by atoms with Gasteiger partial charge >= 0.3 is 0 Å². The Hall–Kier alpha value is -2.73. The second-order valence-electron chi connectivity index (χ2n) is 6.15. The molecule has 2 heterocycles. The number of nitrogens with one attached hydrogen (secondary N) is 1. The van der Waals surface area contributed by atoms with Crippen molar-refractivity contribution in [2.75, 3.05) is 4.90 Å². The van der Waals surface area contributed by atoms with Gasteiger partial charge in [-0.05, 0) is 61.0 Å². The van der Waals surface area contributed by atoms with Gasteiger partial charge in [-0.3, -0.25) is 19.8 Å². The molecule has 1 aromatic heterocycles. The van der Waals surface area contributed by atoms with E-state index in [-0.39, 0.29) is 10.7 Å². The van der Waals surface area contributed by atoms with E-state index in [0.717, 1.165) is 5.56 Å². The zero-order valence-electron chi connectivity index (χ0n) is 14.2. The quantitative estimate of drug-likeness (QED) is 0.520. The van der Waals surface area contributed by atoms with E-state index in [1.165, 1.54) is 11.0 Å². The SMILES string of the molecule is Cc1ccc(/C=C2\C(=O)NC(=S)N(c3ccc(C(C)C)cc3)C2=O)o1. The molecule has 1 aliphatic heterocycles. The molecule has 1 fully saturated rings. The fourth-order valence-electron chi connectivity index (χ4n) is 2.57. The van der Waals surface area contributed by atoms with Crippen LogP contribution in [0.5, 0.6) is 0 Å². The van der Waals surface area contributed by atoms with Crippen molar-refractivity contribution in [1.29, 1.82) is 0 Å². The number of hydrogen-bond donors (Lipinski definition) is 1. The molecule has 25 heavy (non-hydrogen) atoms. The van der Waals surface area contributed by atoms with E-state index in [0.29, 0.717) is 23.1 Å². The first kappa shape index (κ1) is 17.1. The number of rotatable bonds is 3. The molecule has 1 aromatic carbocycles. The predicted molar refractivity (Wildman–Crippen MR) is 100 cm³/mol. The van der Waals surface area contributed by atoms with E-state index < -0.39 is 11.8 Å². The van der Waals surface area contributed by atoms with Crippen molar-refractivity contribution in [1.82, 2.24) is 5.32 Å². The molecule has 128 valence electrons. The van der Waals surface area contributed by atoms with Crippen molar-refractivity contribution in [2.24, 2.45) is 0 Å². The average Bonchev–Trinajstić information content (AvgIpc) is 2.97. The summed E-state index contributed by atoms with van der Waals surface area (Å²) in [7, 11) is 0. The van der Waals surface area contributed by atoms with Gasteiger partial charge in [0, 0.05) is 0 Å². The Morgan fingerprint density at radius 1 is 1.12 bits per heavy atom. The Kier molecular flexibility index (Phi) is 4.55. The van der Waals surface area contributed by atoms with Crippen LogP contribution >= 0.6 is 12.2 Å². The third-order valence-electron chi connectivity index (χ3n) is 3.97. The molecule has 0 radical (unpaired) electrons. The Morgan fingerprint density at radius 2 is 1.80 bits per heavy atom. The summed E-state index contributed by atoms with van der Waals surface area (Å²) in [4.78, 5) is 26.4. The molecule has 3 rings (SSSR count). The van der Waals surface area contributed by atoms with Gasteiger partial charge in [-0.1, -0.05) is 26.0 Å². The molecule has 0 atom stereocenters. The van der Waals surface area contributed by atoms with E-state index >= 15 is 0 Å². The summed E-state index contributed by atoms with van der Waals surface area (Å²) in [5.41, 5.74) is 1.75. The van der Waals surface area contributed by atoms with Crippen molar-refractivity contribution < 1.29 is 14.0 Å². The number of carbonyl (C=O) groups excluding carboxylic acids is 2. The Morgan fingerprint density at radius 3 is 2.36 bits per heavy atom. The van der Waals surface area contributed by atoms with Crippen LogP contribution < -0.4 is 10.2 Å². The number of amides is 2. The monoisotopic (exact) mass is 354 g/mol. The highest BCUT2D eigenvalue weighted by Crippen LogP contribution is 2.24. The zero-order valence-corrected chi connectivity index (χ0v) is 15.0. The van der Waals surface area contributed by atoms with Crippen LogP contribution in [-0.2, 0) is 9.59 Å². The van der Waals surface area contributed by atoms with E-state index in [4.69, 9.17) is 16.6 Å². The van der Waals surface area contributed by atoms with Gasteiger partial charge in [0.2, 0.25) is 0 Å². The van der Waals surface area contributed by atoms with Gasteiger partial charge in [0.15, 0.2) is 5.11 Å². The summed E-state index contributed by atoms with van der Waals surface area (Å²) in [6.45, 7) is 5.98. The predicted octanol–water partition coefficient (Wildman–Crippen LogP) is 3.54. The lowest BCUT2D eigenvalue weighted by molar-refractivity contribution is -0.122. The van der Waals surface area contributed by atoms with E-state index in [1.807, 2.05) is 24.3 Å². The van der Waals surface area contributed by atoms with Crippen molar-refractivity contribution in [3.05, 3.63) is 59.1 Å². The second kappa shape index (κ2) is 6.64. The maximum atomic E-state index is 12.8. The van der Waals surface area contributed by atoms with Gasteiger partial charge in [-0.15, -0.1) is 0 Å². The first-order chi connectivity index (χ1) is 11.9. The molecule has 0 aliphatic carbocycles. The van der Waals surface area contributed by atoms with Crippen LogP contribution in [0.4, 0.5) is 5.69 Å². The number of furan rings is 1. The summed E-state index contributed by atoms with van der Waals surface area (Å²) in [5, 5.41) is 2.63. The minimum atomic E-state index is -0.529. The number of aryl methyl sites for hydroxylation is 1. The van der Waals surface area contributed by atoms with Crippen LogP contribution in [0.15, 0.2) is 46.4 Å². The van der Waals surface area contributed by atoms with Crippen molar-refractivity contribution in [3.63, 3.8) is 0 Å². The van der Waals surface area contributed by atoms with Crippen molar-refractivity contribution in [2.45, 2.75) is 26.7 Å². The standard InChI is InChI=1S/C19H18N2O3S/c1-11(2)13-5-7-14(8-6-13)21-18(23)16(17(22)20-19(21)25)10-15-9-4-12(3)24-15/h4-11H,1-3H3,(H,20,22,25)/b16-10+. The third kappa shape index (κ3) is 3.39. The number of carbonyl (C=O) groups is 2. The van der Waals surface area contributed by atoms with Crippen LogP contribution in [0.2, 0.25) is 0 Å². The zero-order chi connectivity index (χ0) is 18.1. The first-order valence-electron chi connectivity index (χ1n) is 7.94. The first-order valence-corrected chi connectivity index (χ1v) is 8.35. The molecule has 0 unspecified atom stereocenters. The molecular formula is C19H18N2O3S. The van der Waals surface area contributed by atoms with E-state index in [1.54, 1.807) is 19.1 Å². The van der Waals surface area contributed by atoms with Gasteiger partial charge in [0.1, 0.15) is 17.1 Å². The number of hydrogen-bond acceptors (Lipinski definition) is 4. The maximum absolute atomic E-state index is 12.8. The van der Waals surface area contributed by atoms with Crippen LogP contribution in [0.25, 0.3) is 6.08 Å². The summed E-state index contributed by atoms with van der Waals surface area (Å²) in [6.07, 6.45) is 1.43. The molecule has 0 saturated carbocycles. The highest BCUT2D eigenvalue weighted by atomic mass is 32.1. The van der Waals surface area contributed by atoms with Gasteiger partial charge in [0.05, 0.1) is 5.69 Å². The van der Waals surface area contributed by atoms with Gasteiger partial charge in [-0.25, -0.2) is 0 Å². The van der Waals surface area contributed by atoms with Crippen LogP contribution in [-0.4, -0.2) is 16.9 Å². The molecule has 2 aromatic rings. The fraction of sp³-hybridized carbons (Fsp3) is 0.211. The van der Waals surface area contributed by atoms with Crippen LogP contribution in [0.3, 0.4) is 0 Å². The van der Waals surface area contributed by atoms with Crippen LogP contribution in [0.1, 0.15) is 36.8 Å². The minimum Gasteiger partial charge on any atom is -0.462 e. The molecular weight excluding hydrogens is 336 g/mol. The summed E-state index contributed by atoms with van der Waals surface area (Å²) in [6, 6.07) is 11.0. The maximum Gasteiger partial charge on any atom is 0.270 e. The van der Waals surface area contributed by atoms with Gasteiger partial charge in [-0.2, -0.15) is 0 Å². The number of anilines is 1. The molecule has 1 saturated heterocycles. The molecule has 1 N–H and O–H groups in total. The smallest absolute Gasteiger partial charge is 0.270 e. The van der Waals surface area contributed by atoms with Gasteiger partial charge in [0.25, 0.3) is 11.8 Å². The second-order valence-corrected chi connectivity index (χ2v) is 6.54. The lowest BCUT2D eigenvalue weighted by Gasteiger charge is -2.29. The molecule has 0 bridgehead atoms. The number of nitrogens with zero attached hydrogens (tertiary/aromatic N) is 1. The summed E-state index contributed by atoms with van der Waals surface area (Å²) < 4.78 is 5.43. The average molecular weight is 354 g/mol. The molecule has 2 amide bonds. The number of thiocarbonyl (C=S) groups is 1. The van der Waals surface area contributed by atoms with Crippen LogP contribution in [0, 0.1) is 6.92 Å². The topological polar surface area (TPSA) is 62.6 Å². The van der Waals surface area contributed by atoms with E-state index in [9.17, 15) is 9.59 Å². The normalized spacial score (nSPS) is 16.7. The lowest BCUT2D eigenvalue weighted by Crippen LogP contribution is -2.54. The molecule has 1 aliphatic rings. The summed E-state index contributed by atoms with van der Waals surface area (Å²) >= 11 is 5.19.